The van der Waals surface area contributed by atoms with Gasteiger partial charge in [0, 0.05) is 118 Å². The minimum Gasteiger partial charge on any atom is -0.492 e. The van der Waals surface area contributed by atoms with E-state index >= 15 is 0 Å². The summed E-state index contributed by atoms with van der Waals surface area (Å²) in [6.07, 6.45) is 7.45. The lowest BCUT2D eigenvalue weighted by Crippen LogP contribution is -2.46. The molecule has 12 rings (SSSR count). The third-order valence-electron chi connectivity index (χ3n) is 16.6. The van der Waals surface area contributed by atoms with Crippen molar-refractivity contribution < 1.29 is 33.0 Å². The fourth-order valence-corrected chi connectivity index (χ4v) is 12.3. The molecule has 0 unspecified atom stereocenters. The van der Waals surface area contributed by atoms with E-state index in [1.165, 1.54) is 33.7 Å². The van der Waals surface area contributed by atoms with E-state index in [1.807, 2.05) is 81.6 Å². The second kappa shape index (κ2) is 22.7. The van der Waals surface area contributed by atoms with Gasteiger partial charge in [0.25, 0.3) is 17.7 Å². The van der Waals surface area contributed by atoms with E-state index < -0.39 is 0 Å². The molecule has 0 saturated carbocycles. The smallest absolute Gasteiger partial charge is 0.253 e. The summed E-state index contributed by atoms with van der Waals surface area (Å²) in [5.41, 5.74) is 26.5. The summed E-state index contributed by atoms with van der Waals surface area (Å²) in [5.74, 6) is 2.72. The van der Waals surface area contributed by atoms with E-state index in [0.29, 0.717) is 68.7 Å². The third-order valence-corrected chi connectivity index (χ3v) is 17.6. The Balaban J connectivity index is 0.000000130. The Hall–Kier alpha value is -6.42. The maximum atomic E-state index is 13.0. The van der Waals surface area contributed by atoms with E-state index in [-0.39, 0.29) is 39.8 Å². The quantitative estimate of drug-likeness (QED) is 0.131. The van der Waals surface area contributed by atoms with Crippen molar-refractivity contribution in [3.63, 3.8) is 0 Å². The lowest BCUT2D eigenvalue weighted by molar-refractivity contribution is 0.0639. The Morgan fingerprint density at radius 3 is 1.09 bits per heavy atom. The Labute approximate surface area is 454 Å². The van der Waals surface area contributed by atoms with Crippen LogP contribution in [0.5, 0.6) is 17.2 Å². The molecule has 6 aromatic carbocycles. The first-order valence-corrected chi connectivity index (χ1v) is 27.9. The SMILES string of the molecule is CSc1ccc(C(=O)N2CCC3(CC2)COc2ccc(CN)cc23)cc1.NCc1ccc2c(c1)C1(CCN(C(=O)c3ccc(Cl)cc3)CC1)CO2.NCc1ccc2c(c1)C1(CCN(C(=O)c3ccc(F)cc3)CC1)CO2. The fourth-order valence-electron chi connectivity index (χ4n) is 11.7. The van der Waals surface area contributed by atoms with Crippen molar-refractivity contribution in [1.29, 1.82) is 0 Å². The Bertz CT molecular complexity index is 2930. The molecular formula is C61H66ClFN6O6S. The lowest BCUT2D eigenvalue weighted by atomic mass is 9.74. The van der Waals surface area contributed by atoms with Crippen molar-refractivity contribution in [1.82, 2.24) is 14.7 Å². The molecule has 6 aromatic rings. The van der Waals surface area contributed by atoms with Crippen molar-refractivity contribution in [2.45, 2.75) is 79.3 Å². The van der Waals surface area contributed by atoms with Crippen molar-refractivity contribution in [2.75, 3.05) is 65.3 Å². The van der Waals surface area contributed by atoms with Gasteiger partial charge in [-0.1, -0.05) is 48.0 Å². The zero-order valence-corrected chi connectivity index (χ0v) is 44.6. The van der Waals surface area contributed by atoms with Crippen LogP contribution in [0.15, 0.2) is 132 Å². The first-order valence-electron chi connectivity index (χ1n) is 26.3. The number of carbonyl (C=O) groups excluding carboxylic acids is 3. The van der Waals surface area contributed by atoms with Gasteiger partial charge in [-0.25, -0.2) is 4.39 Å². The van der Waals surface area contributed by atoms with E-state index in [0.717, 1.165) is 104 Å². The van der Waals surface area contributed by atoms with Crippen molar-refractivity contribution >= 4 is 41.1 Å². The number of rotatable bonds is 7. The van der Waals surface area contributed by atoms with Gasteiger partial charge in [0.15, 0.2) is 0 Å². The minimum absolute atomic E-state index is 0.0112. The monoisotopic (exact) mass is 1060 g/mol. The van der Waals surface area contributed by atoms with Gasteiger partial charge in [0.05, 0.1) is 19.8 Å². The predicted octanol–water partition coefficient (Wildman–Crippen LogP) is 9.65. The van der Waals surface area contributed by atoms with E-state index in [1.54, 1.807) is 48.2 Å². The molecule has 76 heavy (non-hydrogen) atoms. The molecule has 0 atom stereocenters. The number of likely N-dealkylation sites (tertiary alicyclic amines) is 3. The Morgan fingerprint density at radius 1 is 0.487 bits per heavy atom. The van der Waals surface area contributed by atoms with E-state index in [9.17, 15) is 18.8 Å². The number of fused-ring (bicyclic) bond motifs is 6. The van der Waals surface area contributed by atoms with Crippen molar-refractivity contribution in [3.05, 3.63) is 188 Å². The molecule has 3 fully saturated rings. The number of piperidine rings is 3. The fraction of sp³-hybridized carbons (Fsp3) is 0.361. The number of hydrogen-bond donors (Lipinski definition) is 3. The largest absolute Gasteiger partial charge is 0.492 e. The number of nitrogens with two attached hydrogens (primary N) is 3. The van der Waals surface area contributed by atoms with Crippen LogP contribution in [0.3, 0.4) is 0 Å². The van der Waals surface area contributed by atoms with Crippen LogP contribution in [0.4, 0.5) is 4.39 Å². The topological polar surface area (TPSA) is 167 Å². The highest BCUT2D eigenvalue weighted by Crippen LogP contribution is 2.48. The number of ether oxygens (including phenoxy) is 3. The summed E-state index contributed by atoms with van der Waals surface area (Å²) in [7, 11) is 0. The molecule has 0 bridgehead atoms. The number of thioether (sulfide) groups is 1. The van der Waals surface area contributed by atoms with Crippen LogP contribution >= 0.6 is 23.4 Å². The van der Waals surface area contributed by atoms with Gasteiger partial charge in [-0.2, -0.15) is 0 Å². The molecule has 12 nitrogen and oxygen atoms in total. The van der Waals surface area contributed by atoms with Gasteiger partial charge in [-0.15, -0.1) is 11.8 Å². The second-order valence-electron chi connectivity index (χ2n) is 20.9. The Kier molecular flexibility index (Phi) is 15.8. The van der Waals surface area contributed by atoms with Crippen LogP contribution in [-0.4, -0.2) is 97.8 Å². The number of nitrogens with zero attached hydrogens (tertiary/aromatic N) is 3. The van der Waals surface area contributed by atoms with Crippen LogP contribution in [0.2, 0.25) is 5.02 Å². The van der Waals surface area contributed by atoms with Gasteiger partial charge < -0.3 is 46.1 Å². The number of benzene rings is 6. The Morgan fingerprint density at radius 2 is 0.789 bits per heavy atom. The van der Waals surface area contributed by atoms with Gasteiger partial charge >= 0.3 is 0 Å². The molecule has 6 aliphatic rings. The molecule has 15 heteroatoms. The average Bonchev–Trinajstić information content (AvgIpc) is 4.13. The predicted molar refractivity (Wildman–Crippen MR) is 296 cm³/mol. The van der Waals surface area contributed by atoms with Gasteiger partial charge in [-0.05, 0) is 152 Å². The summed E-state index contributed by atoms with van der Waals surface area (Å²) in [4.78, 5) is 45.1. The molecule has 3 saturated heterocycles. The van der Waals surface area contributed by atoms with Crippen LogP contribution in [0.25, 0.3) is 0 Å². The van der Waals surface area contributed by atoms with Gasteiger partial charge in [-0.3, -0.25) is 14.4 Å². The first-order chi connectivity index (χ1) is 36.9. The van der Waals surface area contributed by atoms with Crippen LogP contribution < -0.4 is 31.4 Å². The summed E-state index contributed by atoms with van der Waals surface area (Å²) < 4.78 is 30.8. The third kappa shape index (κ3) is 10.8. The molecule has 0 aliphatic carbocycles. The van der Waals surface area contributed by atoms with E-state index in [4.69, 9.17) is 43.0 Å². The zero-order valence-electron chi connectivity index (χ0n) is 43.0. The normalized spacial score (nSPS) is 18.0. The number of hydrogen-bond acceptors (Lipinski definition) is 10. The molecule has 6 N–H and O–H groups in total. The summed E-state index contributed by atoms with van der Waals surface area (Å²) in [6.45, 7) is 7.99. The number of amides is 3. The molecule has 0 aromatic heterocycles. The summed E-state index contributed by atoms with van der Waals surface area (Å²) >= 11 is 7.60. The standard InChI is InChI=1S/C21H24N2O2S.C20H21ClN2O2.C20H21FN2O2/c1-26-17-5-3-16(4-6-17)20(24)23-10-8-21(9-11-23)14-25-19-7-2-15(13-22)12-18(19)21;2*21-16-4-2-15(3-5-16)19(24)23-9-7-20(8-10-23)13-25-18-6-1-14(12-22)11-17(18)20/h2-7,12H,8-11,13-14,22H2,1H3;2*1-6,11H,7-10,12-13,22H2. The zero-order chi connectivity index (χ0) is 53.0. The average molecular weight is 1070 g/mol. The van der Waals surface area contributed by atoms with E-state index in [2.05, 4.69) is 18.2 Å². The minimum atomic E-state index is -0.329. The molecule has 0 radical (unpaired) electrons. The maximum Gasteiger partial charge on any atom is 0.253 e. The molecule has 3 amide bonds. The highest BCUT2D eigenvalue weighted by Gasteiger charge is 2.46. The molecule has 6 aliphatic heterocycles. The summed E-state index contributed by atoms with van der Waals surface area (Å²) in [6, 6.07) is 39.4. The maximum absolute atomic E-state index is 13.0. The van der Waals surface area contributed by atoms with Crippen molar-refractivity contribution in [2.24, 2.45) is 17.2 Å². The van der Waals surface area contributed by atoms with Crippen LogP contribution in [0.1, 0.15) is 103 Å². The van der Waals surface area contributed by atoms with Crippen LogP contribution in [-0.2, 0) is 35.9 Å². The number of carbonyl (C=O) groups is 3. The van der Waals surface area contributed by atoms with Gasteiger partial charge in [0.2, 0.25) is 0 Å². The second-order valence-corrected chi connectivity index (χ2v) is 22.2. The molecule has 396 valence electrons. The van der Waals surface area contributed by atoms with Crippen LogP contribution in [0, 0.1) is 5.82 Å². The number of halogens is 2. The highest BCUT2D eigenvalue weighted by molar-refractivity contribution is 7.98. The lowest BCUT2D eigenvalue weighted by Gasteiger charge is -2.38. The highest BCUT2D eigenvalue weighted by atomic mass is 35.5. The molecule has 3 spiro atoms. The molecule has 6 heterocycles. The molecular weight excluding hydrogens is 999 g/mol. The summed E-state index contributed by atoms with van der Waals surface area (Å²) in [5, 5.41) is 0.643. The van der Waals surface area contributed by atoms with Gasteiger partial charge in [0.1, 0.15) is 23.1 Å². The first kappa shape index (κ1) is 53.0. The van der Waals surface area contributed by atoms with Crippen molar-refractivity contribution in [3.8, 4) is 17.2 Å².